The SMILES string of the molecule is O=[N+]([O-])c1cccc2ccn(Cc3ccc(Br)cn3)c12. The molecule has 0 saturated carbocycles. The molecule has 5 nitrogen and oxygen atoms in total. The maximum Gasteiger partial charge on any atom is 0.293 e. The Morgan fingerprint density at radius 1 is 1.25 bits per heavy atom. The normalized spacial score (nSPS) is 10.8. The number of hydrogen-bond acceptors (Lipinski definition) is 3. The molecule has 100 valence electrons. The van der Waals surface area contributed by atoms with Gasteiger partial charge in [0.1, 0.15) is 5.52 Å². The highest BCUT2D eigenvalue weighted by Crippen LogP contribution is 2.26. The highest BCUT2D eigenvalue weighted by molar-refractivity contribution is 9.10. The number of non-ortho nitro benzene ring substituents is 1. The Morgan fingerprint density at radius 3 is 2.80 bits per heavy atom. The molecule has 3 aromatic rings. The Hall–Kier alpha value is -2.21. The number of pyridine rings is 1. The first-order valence-electron chi connectivity index (χ1n) is 5.98. The van der Waals surface area contributed by atoms with Crippen molar-refractivity contribution in [3.63, 3.8) is 0 Å². The third-order valence-corrected chi connectivity index (χ3v) is 3.55. The third-order valence-electron chi connectivity index (χ3n) is 3.08. The van der Waals surface area contributed by atoms with Crippen LogP contribution in [0.3, 0.4) is 0 Å². The number of nitro benzene ring substituents is 1. The van der Waals surface area contributed by atoms with Gasteiger partial charge in [-0.1, -0.05) is 12.1 Å². The van der Waals surface area contributed by atoms with Gasteiger partial charge in [-0.25, -0.2) is 0 Å². The van der Waals surface area contributed by atoms with E-state index < -0.39 is 0 Å². The second-order valence-corrected chi connectivity index (χ2v) is 5.30. The van der Waals surface area contributed by atoms with Crippen LogP contribution in [-0.2, 0) is 6.54 Å². The second-order valence-electron chi connectivity index (χ2n) is 4.38. The molecule has 0 unspecified atom stereocenters. The van der Waals surface area contributed by atoms with Crippen molar-refractivity contribution >= 4 is 32.5 Å². The fraction of sp³-hybridized carbons (Fsp3) is 0.0714. The summed E-state index contributed by atoms with van der Waals surface area (Å²) in [6.07, 6.45) is 3.57. The van der Waals surface area contributed by atoms with E-state index in [0.717, 1.165) is 15.6 Å². The lowest BCUT2D eigenvalue weighted by atomic mass is 10.2. The van der Waals surface area contributed by atoms with Gasteiger partial charge in [-0.05, 0) is 34.1 Å². The van der Waals surface area contributed by atoms with Crippen LogP contribution in [0, 0.1) is 10.1 Å². The fourth-order valence-corrected chi connectivity index (χ4v) is 2.43. The van der Waals surface area contributed by atoms with Crippen molar-refractivity contribution < 1.29 is 4.92 Å². The van der Waals surface area contributed by atoms with Crippen molar-refractivity contribution in [2.24, 2.45) is 0 Å². The molecule has 0 saturated heterocycles. The highest BCUT2D eigenvalue weighted by Gasteiger charge is 2.15. The molecule has 2 aromatic heterocycles. The van der Waals surface area contributed by atoms with E-state index in [1.807, 2.05) is 35.0 Å². The predicted octanol–water partition coefficient (Wildman–Crippen LogP) is 3.76. The van der Waals surface area contributed by atoms with E-state index in [1.165, 1.54) is 6.07 Å². The van der Waals surface area contributed by atoms with Crippen molar-refractivity contribution in [3.8, 4) is 0 Å². The summed E-state index contributed by atoms with van der Waals surface area (Å²) in [5.41, 5.74) is 1.59. The van der Waals surface area contributed by atoms with Gasteiger partial charge in [0.25, 0.3) is 5.69 Å². The summed E-state index contributed by atoms with van der Waals surface area (Å²) in [4.78, 5) is 15.1. The number of benzene rings is 1. The van der Waals surface area contributed by atoms with Crippen LogP contribution in [0.4, 0.5) is 5.69 Å². The molecule has 0 aliphatic rings. The molecule has 0 aliphatic carbocycles. The lowest BCUT2D eigenvalue weighted by Gasteiger charge is -2.05. The summed E-state index contributed by atoms with van der Waals surface area (Å²) >= 11 is 3.34. The van der Waals surface area contributed by atoms with E-state index in [4.69, 9.17) is 0 Å². The van der Waals surface area contributed by atoms with Crippen molar-refractivity contribution in [2.45, 2.75) is 6.54 Å². The molecular formula is C14H10BrN3O2. The summed E-state index contributed by atoms with van der Waals surface area (Å²) in [6, 6.07) is 10.8. The standard InChI is InChI=1S/C14H10BrN3O2/c15-11-4-5-12(16-8-11)9-17-7-6-10-2-1-3-13(14(10)17)18(19)20/h1-8H,9H2. The molecule has 0 atom stereocenters. The van der Waals surface area contributed by atoms with Crippen LogP contribution in [0.15, 0.2) is 53.3 Å². The quantitative estimate of drug-likeness (QED) is 0.542. The zero-order valence-corrected chi connectivity index (χ0v) is 11.9. The van der Waals surface area contributed by atoms with Crippen molar-refractivity contribution in [2.75, 3.05) is 0 Å². The Balaban J connectivity index is 2.07. The minimum atomic E-state index is -0.353. The van der Waals surface area contributed by atoms with E-state index in [-0.39, 0.29) is 10.6 Å². The monoisotopic (exact) mass is 331 g/mol. The lowest BCUT2D eigenvalue weighted by molar-refractivity contribution is -0.383. The first kappa shape index (κ1) is 12.8. The first-order chi connectivity index (χ1) is 9.65. The van der Waals surface area contributed by atoms with Crippen molar-refractivity contribution in [1.29, 1.82) is 0 Å². The van der Waals surface area contributed by atoms with Crippen molar-refractivity contribution in [1.82, 2.24) is 9.55 Å². The maximum atomic E-state index is 11.1. The molecule has 20 heavy (non-hydrogen) atoms. The molecule has 0 spiro atoms. The Labute approximate surface area is 123 Å². The van der Waals surface area contributed by atoms with Crippen LogP contribution in [0.5, 0.6) is 0 Å². The van der Waals surface area contributed by atoms with E-state index in [2.05, 4.69) is 20.9 Å². The van der Waals surface area contributed by atoms with Gasteiger partial charge in [0.2, 0.25) is 0 Å². The zero-order chi connectivity index (χ0) is 14.1. The van der Waals surface area contributed by atoms with Crippen LogP contribution >= 0.6 is 15.9 Å². The number of nitrogens with zero attached hydrogens (tertiary/aromatic N) is 3. The smallest absolute Gasteiger partial charge is 0.293 e. The molecule has 1 aromatic carbocycles. The van der Waals surface area contributed by atoms with E-state index in [9.17, 15) is 10.1 Å². The number of rotatable bonds is 3. The van der Waals surface area contributed by atoms with Crippen LogP contribution < -0.4 is 0 Å². The van der Waals surface area contributed by atoms with Gasteiger partial charge in [-0.2, -0.15) is 0 Å². The summed E-state index contributed by atoms with van der Waals surface area (Å²) < 4.78 is 2.76. The topological polar surface area (TPSA) is 61.0 Å². The van der Waals surface area contributed by atoms with Crippen LogP contribution in [-0.4, -0.2) is 14.5 Å². The molecule has 0 radical (unpaired) electrons. The van der Waals surface area contributed by atoms with Gasteiger partial charge in [0, 0.05) is 28.3 Å². The van der Waals surface area contributed by atoms with Crippen molar-refractivity contribution in [3.05, 3.63) is 69.1 Å². The van der Waals surface area contributed by atoms with Gasteiger partial charge < -0.3 is 4.57 Å². The van der Waals surface area contributed by atoms with Gasteiger partial charge >= 0.3 is 0 Å². The fourth-order valence-electron chi connectivity index (χ4n) is 2.19. The number of nitro groups is 1. The van der Waals surface area contributed by atoms with E-state index in [0.29, 0.717) is 12.1 Å². The first-order valence-corrected chi connectivity index (χ1v) is 6.77. The Morgan fingerprint density at radius 2 is 2.10 bits per heavy atom. The second kappa shape index (κ2) is 5.05. The number of hydrogen-bond donors (Lipinski definition) is 0. The van der Waals surface area contributed by atoms with Crippen LogP contribution in [0.2, 0.25) is 0 Å². The minimum Gasteiger partial charge on any atom is -0.336 e. The summed E-state index contributed by atoms with van der Waals surface area (Å²) in [5.74, 6) is 0. The molecule has 0 aliphatic heterocycles. The predicted molar refractivity (Wildman–Crippen MR) is 79.6 cm³/mol. The average Bonchev–Trinajstić information content (AvgIpc) is 2.84. The van der Waals surface area contributed by atoms with E-state index >= 15 is 0 Å². The molecular weight excluding hydrogens is 322 g/mol. The largest absolute Gasteiger partial charge is 0.336 e. The average molecular weight is 332 g/mol. The summed E-state index contributed by atoms with van der Waals surface area (Å²) in [6.45, 7) is 0.502. The number of aromatic nitrogens is 2. The van der Waals surface area contributed by atoms with Gasteiger partial charge in [0.15, 0.2) is 0 Å². The number of fused-ring (bicyclic) bond motifs is 1. The molecule has 0 fully saturated rings. The highest BCUT2D eigenvalue weighted by atomic mass is 79.9. The summed E-state index contributed by atoms with van der Waals surface area (Å²) in [7, 11) is 0. The molecule has 6 heteroatoms. The third kappa shape index (κ3) is 2.30. The minimum absolute atomic E-state index is 0.115. The van der Waals surface area contributed by atoms with Crippen LogP contribution in [0.25, 0.3) is 10.9 Å². The maximum absolute atomic E-state index is 11.1. The molecule has 2 heterocycles. The van der Waals surface area contributed by atoms with Gasteiger partial charge in [-0.3, -0.25) is 15.1 Å². The van der Waals surface area contributed by atoms with Gasteiger partial charge in [0.05, 0.1) is 17.2 Å². The lowest BCUT2D eigenvalue weighted by Crippen LogP contribution is -2.02. The zero-order valence-electron chi connectivity index (χ0n) is 10.4. The van der Waals surface area contributed by atoms with E-state index in [1.54, 1.807) is 12.3 Å². The van der Waals surface area contributed by atoms with Gasteiger partial charge in [-0.15, -0.1) is 0 Å². The number of para-hydroxylation sites is 1. The Bertz CT molecular complexity index is 781. The molecule has 0 amide bonds. The summed E-state index contributed by atoms with van der Waals surface area (Å²) in [5, 5.41) is 12.0. The molecule has 0 bridgehead atoms. The Kier molecular flexibility index (Phi) is 3.23. The number of halogens is 1. The molecule has 0 N–H and O–H groups in total. The molecule has 3 rings (SSSR count). The van der Waals surface area contributed by atoms with Crippen LogP contribution in [0.1, 0.15) is 5.69 Å².